The number of carbonyl (C=O) groups is 2. The Bertz CT molecular complexity index is 907. The number of methoxy groups -OCH3 is 1. The lowest BCUT2D eigenvalue weighted by atomic mass is 9.95. The molecule has 7 heteroatoms. The predicted octanol–water partition coefficient (Wildman–Crippen LogP) is 3.11. The summed E-state index contributed by atoms with van der Waals surface area (Å²) in [5, 5.41) is 21.1. The van der Waals surface area contributed by atoms with E-state index in [9.17, 15) is 19.8 Å². The van der Waals surface area contributed by atoms with E-state index < -0.39 is 17.7 Å². The number of rotatable bonds is 5. The maximum Gasteiger partial charge on any atom is 0.295 e. The molecule has 1 aliphatic rings. The van der Waals surface area contributed by atoms with Gasteiger partial charge in [0.1, 0.15) is 11.5 Å². The Morgan fingerprint density at radius 2 is 1.89 bits per heavy atom. The van der Waals surface area contributed by atoms with E-state index in [1.54, 1.807) is 36.4 Å². The van der Waals surface area contributed by atoms with Gasteiger partial charge in [-0.1, -0.05) is 23.7 Å². The lowest BCUT2D eigenvalue weighted by molar-refractivity contribution is -0.140. The van der Waals surface area contributed by atoms with Crippen molar-refractivity contribution in [1.82, 2.24) is 4.90 Å². The predicted molar refractivity (Wildman–Crippen MR) is 100 cm³/mol. The fourth-order valence-electron chi connectivity index (χ4n) is 3.10. The lowest BCUT2D eigenvalue weighted by Gasteiger charge is -2.25. The molecular formula is C20H18ClNO5. The molecular weight excluding hydrogens is 370 g/mol. The van der Waals surface area contributed by atoms with E-state index in [4.69, 9.17) is 16.3 Å². The molecule has 0 spiro atoms. The summed E-state index contributed by atoms with van der Waals surface area (Å²) >= 11 is 5.88. The van der Waals surface area contributed by atoms with E-state index in [0.717, 1.165) is 0 Å². The van der Waals surface area contributed by atoms with Gasteiger partial charge < -0.3 is 19.8 Å². The number of aromatic hydroxyl groups is 1. The Labute approximate surface area is 161 Å². The van der Waals surface area contributed by atoms with Crippen LogP contribution in [0.3, 0.4) is 0 Å². The standard InChI is InChI=1S/C20H18ClNO5/c1-27-10-9-22-17(13-3-2-4-15(23)11-13)16(19(25)20(22)26)18(24)12-5-7-14(21)8-6-12/h2-8,11,17,23-24H,9-10H2,1H3/b18-16+/t17-/m0/s1. The van der Waals surface area contributed by atoms with Crippen molar-refractivity contribution < 1.29 is 24.5 Å². The number of hydrogen-bond donors (Lipinski definition) is 2. The smallest absolute Gasteiger partial charge is 0.295 e. The van der Waals surface area contributed by atoms with Gasteiger partial charge in [0.05, 0.1) is 18.2 Å². The van der Waals surface area contributed by atoms with E-state index in [0.29, 0.717) is 16.1 Å². The van der Waals surface area contributed by atoms with E-state index >= 15 is 0 Å². The number of aliphatic hydroxyl groups excluding tert-OH is 1. The van der Waals surface area contributed by atoms with Crippen molar-refractivity contribution in [3.63, 3.8) is 0 Å². The molecule has 2 N–H and O–H groups in total. The average Bonchev–Trinajstić information content (AvgIpc) is 2.91. The van der Waals surface area contributed by atoms with Gasteiger partial charge in [-0.25, -0.2) is 0 Å². The molecule has 1 saturated heterocycles. The van der Waals surface area contributed by atoms with E-state index in [1.165, 1.54) is 24.1 Å². The van der Waals surface area contributed by atoms with E-state index in [1.807, 2.05) is 0 Å². The number of phenolic OH excluding ortho intramolecular Hbond substituents is 1. The van der Waals surface area contributed by atoms with Gasteiger partial charge in [0, 0.05) is 24.2 Å². The minimum absolute atomic E-state index is 0.00341. The molecule has 0 aromatic heterocycles. The molecule has 1 fully saturated rings. The molecule has 0 saturated carbocycles. The first-order valence-electron chi connectivity index (χ1n) is 8.26. The largest absolute Gasteiger partial charge is 0.508 e. The Hall–Kier alpha value is -2.83. The van der Waals surface area contributed by atoms with Crippen LogP contribution >= 0.6 is 11.6 Å². The zero-order valence-electron chi connectivity index (χ0n) is 14.6. The molecule has 2 aromatic rings. The molecule has 1 aliphatic heterocycles. The summed E-state index contributed by atoms with van der Waals surface area (Å²) in [5.74, 6) is -1.81. The maximum absolute atomic E-state index is 12.7. The van der Waals surface area contributed by atoms with Gasteiger partial charge in [0.25, 0.3) is 11.7 Å². The highest BCUT2D eigenvalue weighted by Crippen LogP contribution is 2.40. The molecule has 0 bridgehead atoms. The monoisotopic (exact) mass is 387 g/mol. The maximum atomic E-state index is 12.7. The van der Waals surface area contributed by atoms with Crippen LogP contribution in [0.1, 0.15) is 17.2 Å². The number of hydrogen-bond acceptors (Lipinski definition) is 5. The number of ether oxygens (including phenoxy) is 1. The van der Waals surface area contributed by atoms with Gasteiger partial charge in [-0.3, -0.25) is 9.59 Å². The number of benzene rings is 2. The number of amides is 1. The molecule has 3 rings (SSSR count). The van der Waals surface area contributed by atoms with Gasteiger partial charge in [-0.05, 0) is 42.0 Å². The molecule has 2 aromatic carbocycles. The van der Waals surface area contributed by atoms with Crippen LogP contribution in [-0.4, -0.2) is 47.1 Å². The van der Waals surface area contributed by atoms with Crippen molar-refractivity contribution in [3.05, 3.63) is 70.3 Å². The molecule has 1 amide bonds. The summed E-state index contributed by atoms with van der Waals surface area (Å²) in [4.78, 5) is 26.6. The summed E-state index contributed by atoms with van der Waals surface area (Å²) < 4.78 is 5.04. The molecule has 0 aliphatic carbocycles. The summed E-state index contributed by atoms with van der Waals surface area (Å²) in [6.45, 7) is 0.391. The van der Waals surface area contributed by atoms with Gasteiger partial charge in [0.2, 0.25) is 0 Å². The highest BCUT2D eigenvalue weighted by molar-refractivity contribution is 6.46. The third-order valence-corrected chi connectivity index (χ3v) is 4.63. The van der Waals surface area contributed by atoms with Crippen LogP contribution in [0.25, 0.3) is 5.76 Å². The van der Waals surface area contributed by atoms with Crippen molar-refractivity contribution in [2.45, 2.75) is 6.04 Å². The number of halogens is 1. The van der Waals surface area contributed by atoms with Crippen LogP contribution in [0.4, 0.5) is 0 Å². The third kappa shape index (κ3) is 3.67. The number of carbonyl (C=O) groups excluding carboxylic acids is 2. The fraction of sp³-hybridized carbons (Fsp3) is 0.200. The number of likely N-dealkylation sites (tertiary alicyclic amines) is 1. The summed E-state index contributed by atoms with van der Waals surface area (Å²) in [6.07, 6.45) is 0. The molecule has 27 heavy (non-hydrogen) atoms. The molecule has 6 nitrogen and oxygen atoms in total. The average molecular weight is 388 g/mol. The van der Waals surface area contributed by atoms with Crippen molar-refractivity contribution in [2.24, 2.45) is 0 Å². The summed E-state index contributed by atoms with van der Waals surface area (Å²) in [7, 11) is 1.49. The van der Waals surface area contributed by atoms with Gasteiger partial charge in [-0.15, -0.1) is 0 Å². The van der Waals surface area contributed by atoms with Crippen LogP contribution in [0.5, 0.6) is 5.75 Å². The zero-order valence-corrected chi connectivity index (χ0v) is 15.3. The van der Waals surface area contributed by atoms with Gasteiger partial charge in [0.15, 0.2) is 0 Å². The minimum Gasteiger partial charge on any atom is -0.508 e. The summed E-state index contributed by atoms with van der Waals surface area (Å²) in [6, 6.07) is 11.7. The van der Waals surface area contributed by atoms with Gasteiger partial charge in [-0.2, -0.15) is 0 Å². The molecule has 0 unspecified atom stereocenters. The number of nitrogens with zero attached hydrogens (tertiary/aromatic N) is 1. The SMILES string of the molecule is COCCN1C(=O)C(=O)/C(=C(/O)c2ccc(Cl)cc2)[C@@H]1c1cccc(O)c1. The van der Waals surface area contributed by atoms with Crippen LogP contribution < -0.4 is 0 Å². The summed E-state index contributed by atoms with van der Waals surface area (Å²) in [5.41, 5.74) is 0.846. The van der Waals surface area contributed by atoms with Crippen molar-refractivity contribution in [1.29, 1.82) is 0 Å². The second-order valence-corrected chi connectivity index (χ2v) is 6.52. The first-order valence-corrected chi connectivity index (χ1v) is 8.64. The Kier molecular flexibility index (Phi) is 5.48. The zero-order chi connectivity index (χ0) is 19.6. The third-order valence-electron chi connectivity index (χ3n) is 4.38. The quantitative estimate of drug-likeness (QED) is 0.467. The Balaban J connectivity index is 2.16. The van der Waals surface area contributed by atoms with Crippen LogP contribution in [0, 0.1) is 0 Å². The van der Waals surface area contributed by atoms with Crippen molar-refractivity contribution >= 4 is 29.1 Å². The highest BCUT2D eigenvalue weighted by atomic mass is 35.5. The Morgan fingerprint density at radius 3 is 2.52 bits per heavy atom. The van der Waals surface area contributed by atoms with Crippen LogP contribution in [0.2, 0.25) is 5.02 Å². The Morgan fingerprint density at radius 1 is 1.19 bits per heavy atom. The van der Waals surface area contributed by atoms with Crippen LogP contribution in [-0.2, 0) is 14.3 Å². The minimum atomic E-state index is -0.831. The molecule has 0 radical (unpaired) electrons. The van der Waals surface area contributed by atoms with Crippen molar-refractivity contribution in [3.8, 4) is 5.75 Å². The van der Waals surface area contributed by atoms with Crippen molar-refractivity contribution in [2.75, 3.05) is 20.3 Å². The fourth-order valence-corrected chi connectivity index (χ4v) is 3.23. The number of Topliss-reactive ketones (excluding diaryl/α,β-unsaturated/α-hetero) is 1. The number of phenols is 1. The second kappa shape index (κ2) is 7.82. The van der Waals surface area contributed by atoms with Crippen LogP contribution in [0.15, 0.2) is 54.1 Å². The molecule has 1 heterocycles. The van der Waals surface area contributed by atoms with Gasteiger partial charge >= 0.3 is 0 Å². The first kappa shape index (κ1) is 18.9. The van der Waals surface area contributed by atoms with E-state index in [2.05, 4.69) is 0 Å². The first-order chi connectivity index (χ1) is 12.9. The topological polar surface area (TPSA) is 87.1 Å². The lowest BCUT2D eigenvalue weighted by Crippen LogP contribution is -2.32. The normalized spacial score (nSPS) is 18.9. The molecule has 1 atom stereocenters. The molecule has 140 valence electrons. The highest BCUT2D eigenvalue weighted by Gasteiger charge is 2.45. The second-order valence-electron chi connectivity index (χ2n) is 6.09. The van der Waals surface area contributed by atoms with E-state index in [-0.39, 0.29) is 30.2 Å². The number of ketones is 1. The number of aliphatic hydroxyl groups is 1.